The van der Waals surface area contributed by atoms with E-state index < -0.39 is 0 Å². The topological polar surface area (TPSA) is 73.4 Å². The zero-order valence-electron chi connectivity index (χ0n) is 20.6. The number of hydrogen-bond acceptors (Lipinski definition) is 3. The number of rotatable bonds is 5. The average molecular weight is 458 g/mol. The highest BCUT2D eigenvalue weighted by atomic mass is 16.2. The molecular formula is C28H35N5O. The Morgan fingerprint density at radius 2 is 2.03 bits per heavy atom. The zero-order valence-corrected chi connectivity index (χ0v) is 20.6. The maximum Gasteiger partial charge on any atom is 0.327 e. The van der Waals surface area contributed by atoms with Gasteiger partial charge in [0.05, 0.1) is 29.4 Å². The van der Waals surface area contributed by atoms with Crippen molar-refractivity contribution in [3.8, 4) is 0 Å². The van der Waals surface area contributed by atoms with Crippen molar-refractivity contribution in [2.75, 3.05) is 4.90 Å². The van der Waals surface area contributed by atoms with Crippen molar-refractivity contribution in [2.45, 2.75) is 71.9 Å². The van der Waals surface area contributed by atoms with E-state index in [0.717, 1.165) is 54.7 Å². The van der Waals surface area contributed by atoms with E-state index in [1.54, 1.807) is 6.33 Å². The van der Waals surface area contributed by atoms with E-state index in [-0.39, 0.29) is 23.5 Å². The van der Waals surface area contributed by atoms with Crippen molar-refractivity contribution in [1.29, 1.82) is 0 Å². The third-order valence-electron chi connectivity index (χ3n) is 6.98. The quantitative estimate of drug-likeness (QED) is 0.465. The van der Waals surface area contributed by atoms with Gasteiger partial charge in [0.25, 0.3) is 0 Å². The number of amides is 2. The molecule has 2 amide bonds. The molecule has 5 rings (SSSR count). The highest BCUT2D eigenvalue weighted by Gasteiger charge is 2.39. The molecule has 3 unspecified atom stereocenters. The summed E-state index contributed by atoms with van der Waals surface area (Å²) in [6.07, 6.45) is 6.88. The SMILES string of the molecule is CC(CC1/C(=N/C2CCCc3ccccc32)NC(=O)N1c1ccc2[nH]cnc2c1)CC(C)(C)C. The molecule has 3 aromatic rings. The Bertz CT molecular complexity index is 1220. The number of aromatic nitrogens is 2. The number of hydrogen-bond donors (Lipinski definition) is 2. The molecule has 0 spiro atoms. The van der Waals surface area contributed by atoms with Gasteiger partial charge < -0.3 is 4.98 Å². The number of aryl methyl sites for hydroxylation is 1. The van der Waals surface area contributed by atoms with Crippen molar-refractivity contribution in [2.24, 2.45) is 16.3 Å². The average Bonchev–Trinajstić information content (AvgIpc) is 3.36. The molecule has 3 atom stereocenters. The van der Waals surface area contributed by atoms with Crippen LogP contribution in [0.4, 0.5) is 10.5 Å². The van der Waals surface area contributed by atoms with Gasteiger partial charge in [-0.1, -0.05) is 52.0 Å². The molecule has 1 aliphatic carbocycles. The number of nitrogens with one attached hydrogen (secondary N) is 2. The van der Waals surface area contributed by atoms with Crippen molar-refractivity contribution in [1.82, 2.24) is 15.3 Å². The fourth-order valence-electron chi connectivity index (χ4n) is 5.76. The van der Waals surface area contributed by atoms with Crippen LogP contribution in [-0.2, 0) is 6.42 Å². The second-order valence-electron chi connectivity index (χ2n) is 11.1. The number of carbonyl (C=O) groups excluding carboxylic acids is 1. The molecule has 0 bridgehead atoms. The van der Waals surface area contributed by atoms with E-state index in [0.29, 0.717) is 5.92 Å². The van der Waals surface area contributed by atoms with E-state index in [2.05, 4.69) is 67.2 Å². The molecule has 1 aliphatic heterocycles. The number of urea groups is 1. The molecule has 2 N–H and O–H groups in total. The molecule has 34 heavy (non-hydrogen) atoms. The number of carbonyl (C=O) groups is 1. The first kappa shape index (κ1) is 22.6. The van der Waals surface area contributed by atoms with Crippen LogP contribution in [-0.4, -0.2) is 27.9 Å². The minimum absolute atomic E-state index is 0.0921. The normalized spacial score (nSPS) is 22.8. The number of benzene rings is 2. The molecule has 0 radical (unpaired) electrons. The monoisotopic (exact) mass is 457 g/mol. The van der Waals surface area contributed by atoms with Gasteiger partial charge in [-0.05, 0) is 72.8 Å². The Kier molecular flexibility index (Phi) is 5.92. The van der Waals surface area contributed by atoms with Gasteiger partial charge >= 0.3 is 6.03 Å². The summed E-state index contributed by atoms with van der Waals surface area (Å²) in [5.41, 5.74) is 5.60. The highest BCUT2D eigenvalue weighted by Crippen LogP contribution is 2.36. The minimum atomic E-state index is -0.115. The van der Waals surface area contributed by atoms with Crippen LogP contribution in [0, 0.1) is 11.3 Å². The number of anilines is 1. The Morgan fingerprint density at radius 1 is 1.21 bits per heavy atom. The van der Waals surface area contributed by atoms with Crippen LogP contribution in [0.15, 0.2) is 53.8 Å². The van der Waals surface area contributed by atoms with Gasteiger partial charge in [-0.2, -0.15) is 0 Å². The van der Waals surface area contributed by atoms with Gasteiger partial charge in [-0.3, -0.25) is 15.2 Å². The number of H-pyrrole nitrogens is 1. The first-order valence-corrected chi connectivity index (χ1v) is 12.5. The maximum absolute atomic E-state index is 13.3. The summed E-state index contributed by atoms with van der Waals surface area (Å²) >= 11 is 0. The van der Waals surface area contributed by atoms with Crippen molar-refractivity contribution >= 4 is 28.6 Å². The van der Waals surface area contributed by atoms with Gasteiger partial charge in [0.2, 0.25) is 0 Å². The first-order valence-electron chi connectivity index (χ1n) is 12.5. The Morgan fingerprint density at radius 3 is 2.85 bits per heavy atom. The lowest BCUT2D eigenvalue weighted by molar-refractivity contribution is 0.251. The van der Waals surface area contributed by atoms with E-state index >= 15 is 0 Å². The summed E-state index contributed by atoms with van der Waals surface area (Å²) in [4.78, 5) is 28.0. The van der Waals surface area contributed by atoms with Gasteiger partial charge in [0.1, 0.15) is 5.84 Å². The zero-order chi connectivity index (χ0) is 23.9. The summed E-state index contributed by atoms with van der Waals surface area (Å²) in [5, 5.41) is 3.15. The van der Waals surface area contributed by atoms with Crippen molar-refractivity contribution in [3.63, 3.8) is 0 Å². The fourth-order valence-corrected chi connectivity index (χ4v) is 5.76. The van der Waals surface area contributed by atoms with E-state index in [1.165, 1.54) is 11.1 Å². The Balaban J connectivity index is 1.51. The van der Waals surface area contributed by atoms with Crippen LogP contribution in [0.1, 0.15) is 70.5 Å². The lowest BCUT2D eigenvalue weighted by atomic mass is 9.82. The predicted octanol–water partition coefficient (Wildman–Crippen LogP) is 6.40. The summed E-state index contributed by atoms with van der Waals surface area (Å²) in [7, 11) is 0. The standard InChI is InChI=1S/C28H35N5O/c1-18(16-28(2,3)4)14-25-26(31-22-11-7-9-19-8-5-6-10-21(19)22)32-27(34)33(25)20-12-13-23-24(15-20)30-17-29-23/h5-6,8,10,12-13,15,17-18,22,25H,7,9,11,14,16H2,1-4H3,(H,29,30)(H,31,32,34). The highest BCUT2D eigenvalue weighted by molar-refractivity contribution is 6.16. The third kappa shape index (κ3) is 4.59. The van der Waals surface area contributed by atoms with Crippen LogP contribution in [0.25, 0.3) is 11.0 Å². The first-order chi connectivity index (χ1) is 16.3. The van der Waals surface area contributed by atoms with Gasteiger partial charge in [0.15, 0.2) is 0 Å². The van der Waals surface area contributed by atoms with Crippen LogP contribution in [0.2, 0.25) is 0 Å². The second kappa shape index (κ2) is 8.90. The number of fused-ring (bicyclic) bond motifs is 2. The Labute approximate surface area is 201 Å². The van der Waals surface area contributed by atoms with Crippen LogP contribution < -0.4 is 10.2 Å². The van der Waals surface area contributed by atoms with Crippen LogP contribution >= 0.6 is 0 Å². The summed E-state index contributed by atoms with van der Waals surface area (Å²) in [5.74, 6) is 1.24. The summed E-state index contributed by atoms with van der Waals surface area (Å²) < 4.78 is 0. The summed E-state index contributed by atoms with van der Waals surface area (Å²) in [6, 6.07) is 14.5. The summed E-state index contributed by atoms with van der Waals surface area (Å²) in [6.45, 7) is 9.12. The number of aliphatic imine (C=N–C) groups is 1. The lowest BCUT2D eigenvalue weighted by Gasteiger charge is -2.29. The Hall–Kier alpha value is -3.15. The van der Waals surface area contributed by atoms with Crippen molar-refractivity contribution in [3.05, 3.63) is 59.9 Å². The molecule has 0 saturated carbocycles. The van der Waals surface area contributed by atoms with E-state index in [9.17, 15) is 4.79 Å². The minimum Gasteiger partial charge on any atom is -0.345 e. The number of amidine groups is 1. The van der Waals surface area contributed by atoms with Gasteiger partial charge in [-0.25, -0.2) is 9.78 Å². The van der Waals surface area contributed by atoms with Crippen LogP contribution in [0.5, 0.6) is 0 Å². The predicted molar refractivity (Wildman–Crippen MR) is 138 cm³/mol. The van der Waals surface area contributed by atoms with E-state index in [4.69, 9.17) is 4.99 Å². The molecule has 2 aromatic carbocycles. The molecule has 2 aliphatic rings. The van der Waals surface area contributed by atoms with E-state index in [1.807, 2.05) is 23.1 Å². The maximum atomic E-state index is 13.3. The second-order valence-corrected chi connectivity index (χ2v) is 11.1. The molecule has 1 saturated heterocycles. The molecule has 1 fully saturated rings. The number of aromatic amines is 1. The number of nitrogens with zero attached hydrogens (tertiary/aromatic N) is 3. The third-order valence-corrected chi connectivity index (χ3v) is 6.98. The van der Waals surface area contributed by atoms with Crippen LogP contribution in [0.3, 0.4) is 0 Å². The smallest absolute Gasteiger partial charge is 0.327 e. The molecule has 1 aromatic heterocycles. The molecule has 178 valence electrons. The molecule has 2 heterocycles. The van der Waals surface area contributed by atoms with Crippen molar-refractivity contribution < 1.29 is 4.79 Å². The van der Waals surface area contributed by atoms with Gasteiger partial charge in [0, 0.05) is 5.69 Å². The number of imidazole rings is 1. The molecule has 6 nitrogen and oxygen atoms in total. The van der Waals surface area contributed by atoms with Gasteiger partial charge in [-0.15, -0.1) is 0 Å². The lowest BCUT2D eigenvalue weighted by Crippen LogP contribution is -2.37. The molecule has 6 heteroatoms. The fraction of sp³-hybridized carbons (Fsp3) is 0.464. The molecular weight excluding hydrogens is 422 g/mol. The largest absolute Gasteiger partial charge is 0.345 e.